The quantitative estimate of drug-likeness (QED) is 0.610. The Labute approximate surface area is 142 Å². The summed E-state index contributed by atoms with van der Waals surface area (Å²) in [6, 6.07) is 15.4. The van der Waals surface area contributed by atoms with Crippen LogP contribution in [-0.2, 0) is 11.3 Å². The van der Waals surface area contributed by atoms with Crippen molar-refractivity contribution in [1.82, 2.24) is 4.90 Å². The van der Waals surface area contributed by atoms with Gasteiger partial charge in [-0.25, -0.2) is 0 Å². The van der Waals surface area contributed by atoms with E-state index in [2.05, 4.69) is 31.2 Å². The minimum absolute atomic E-state index is 0.178. The summed E-state index contributed by atoms with van der Waals surface area (Å²) < 4.78 is 0. The third-order valence-electron chi connectivity index (χ3n) is 3.61. The van der Waals surface area contributed by atoms with Crippen LogP contribution in [0.2, 0.25) is 0 Å². The Bertz CT molecular complexity index is 623. The summed E-state index contributed by atoms with van der Waals surface area (Å²) in [4.78, 5) is 15.1. The SMILES string of the molecule is Cc1ccc(CN(C)C(=O)CCCSc2ccc(O)cc2)cc1. The number of rotatable bonds is 7. The van der Waals surface area contributed by atoms with E-state index in [-0.39, 0.29) is 11.7 Å². The number of hydrogen-bond donors (Lipinski definition) is 1. The second-order valence-electron chi connectivity index (χ2n) is 5.68. The van der Waals surface area contributed by atoms with Gasteiger partial charge in [-0.3, -0.25) is 4.79 Å². The second-order valence-corrected chi connectivity index (χ2v) is 6.85. The Morgan fingerprint density at radius 2 is 1.74 bits per heavy atom. The number of aryl methyl sites for hydroxylation is 1. The Morgan fingerprint density at radius 3 is 2.39 bits per heavy atom. The molecule has 0 atom stereocenters. The standard InChI is InChI=1S/C19H23NO2S/c1-15-5-7-16(8-6-15)14-20(2)19(22)4-3-13-23-18-11-9-17(21)10-12-18/h5-12,21H,3-4,13-14H2,1-2H3. The first-order chi connectivity index (χ1) is 11.0. The lowest BCUT2D eigenvalue weighted by molar-refractivity contribution is -0.130. The third kappa shape index (κ3) is 5.99. The maximum Gasteiger partial charge on any atom is 0.222 e. The Morgan fingerprint density at radius 1 is 1.09 bits per heavy atom. The second kappa shape index (κ2) is 8.63. The fourth-order valence-corrected chi connectivity index (χ4v) is 3.06. The Hall–Kier alpha value is -1.94. The zero-order chi connectivity index (χ0) is 16.7. The van der Waals surface area contributed by atoms with Gasteiger partial charge in [0.25, 0.3) is 0 Å². The van der Waals surface area contributed by atoms with Gasteiger partial charge in [-0.2, -0.15) is 0 Å². The van der Waals surface area contributed by atoms with Gasteiger partial charge < -0.3 is 10.0 Å². The highest BCUT2D eigenvalue weighted by molar-refractivity contribution is 7.99. The van der Waals surface area contributed by atoms with Crippen molar-refractivity contribution < 1.29 is 9.90 Å². The highest BCUT2D eigenvalue weighted by atomic mass is 32.2. The maximum atomic E-state index is 12.2. The largest absolute Gasteiger partial charge is 0.508 e. The van der Waals surface area contributed by atoms with Crippen LogP contribution in [-0.4, -0.2) is 28.7 Å². The molecule has 1 amide bonds. The predicted octanol–water partition coefficient (Wildman–Crippen LogP) is 4.23. The first-order valence-corrected chi connectivity index (χ1v) is 8.74. The molecule has 2 aromatic carbocycles. The van der Waals surface area contributed by atoms with E-state index in [0.717, 1.165) is 22.6 Å². The van der Waals surface area contributed by atoms with Gasteiger partial charge in [0, 0.05) is 24.9 Å². The molecule has 0 bridgehead atoms. The molecule has 0 unspecified atom stereocenters. The first-order valence-electron chi connectivity index (χ1n) is 7.76. The Kier molecular flexibility index (Phi) is 6.53. The monoisotopic (exact) mass is 329 g/mol. The number of carbonyl (C=O) groups is 1. The maximum absolute atomic E-state index is 12.2. The first kappa shape index (κ1) is 17.4. The molecule has 0 aliphatic rings. The number of benzene rings is 2. The summed E-state index contributed by atoms with van der Waals surface area (Å²) in [5.41, 5.74) is 2.39. The van der Waals surface area contributed by atoms with Gasteiger partial charge >= 0.3 is 0 Å². The van der Waals surface area contributed by atoms with E-state index < -0.39 is 0 Å². The molecule has 23 heavy (non-hydrogen) atoms. The van der Waals surface area contributed by atoms with Crippen LogP contribution < -0.4 is 0 Å². The molecule has 0 radical (unpaired) electrons. The molecule has 1 N–H and O–H groups in total. The van der Waals surface area contributed by atoms with Crippen molar-refractivity contribution in [3.63, 3.8) is 0 Å². The molecule has 122 valence electrons. The number of phenols is 1. The normalized spacial score (nSPS) is 10.5. The van der Waals surface area contributed by atoms with Crippen molar-refractivity contribution in [1.29, 1.82) is 0 Å². The number of aromatic hydroxyl groups is 1. The van der Waals surface area contributed by atoms with Crippen molar-refractivity contribution in [2.75, 3.05) is 12.8 Å². The van der Waals surface area contributed by atoms with Crippen LogP contribution in [0.5, 0.6) is 5.75 Å². The minimum Gasteiger partial charge on any atom is -0.508 e. The summed E-state index contributed by atoms with van der Waals surface area (Å²) in [7, 11) is 1.86. The van der Waals surface area contributed by atoms with E-state index in [9.17, 15) is 9.90 Å². The van der Waals surface area contributed by atoms with Gasteiger partial charge in [0.15, 0.2) is 0 Å². The van der Waals surface area contributed by atoms with Crippen molar-refractivity contribution in [3.8, 4) is 5.75 Å². The molecule has 4 heteroatoms. The van der Waals surface area contributed by atoms with E-state index in [0.29, 0.717) is 13.0 Å². The summed E-state index contributed by atoms with van der Waals surface area (Å²) in [5.74, 6) is 1.36. The van der Waals surface area contributed by atoms with Gasteiger partial charge in [0.2, 0.25) is 5.91 Å². The van der Waals surface area contributed by atoms with E-state index in [1.165, 1.54) is 5.56 Å². The molecule has 3 nitrogen and oxygen atoms in total. The van der Waals surface area contributed by atoms with Gasteiger partial charge in [0.05, 0.1) is 0 Å². The van der Waals surface area contributed by atoms with Gasteiger partial charge in [-0.1, -0.05) is 29.8 Å². The molecule has 0 saturated heterocycles. The van der Waals surface area contributed by atoms with E-state index >= 15 is 0 Å². The van der Waals surface area contributed by atoms with Crippen molar-refractivity contribution >= 4 is 17.7 Å². The molecular weight excluding hydrogens is 306 g/mol. The molecule has 0 aromatic heterocycles. The fourth-order valence-electron chi connectivity index (χ4n) is 2.20. The third-order valence-corrected chi connectivity index (χ3v) is 4.70. The zero-order valence-electron chi connectivity index (χ0n) is 13.7. The van der Waals surface area contributed by atoms with Crippen molar-refractivity contribution in [3.05, 3.63) is 59.7 Å². The summed E-state index contributed by atoms with van der Waals surface area (Å²) in [6.07, 6.45) is 1.41. The highest BCUT2D eigenvalue weighted by Gasteiger charge is 2.09. The van der Waals surface area contributed by atoms with Crippen LogP contribution in [0.15, 0.2) is 53.4 Å². The van der Waals surface area contributed by atoms with Crippen LogP contribution in [0.3, 0.4) is 0 Å². The van der Waals surface area contributed by atoms with Crippen LogP contribution in [0.25, 0.3) is 0 Å². The molecule has 0 fully saturated rings. The van der Waals surface area contributed by atoms with Gasteiger partial charge in [-0.05, 0) is 48.9 Å². The lowest BCUT2D eigenvalue weighted by Crippen LogP contribution is -2.25. The molecule has 0 spiro atoms. The summed E-state index contributed by atoms with van der Waals surface area (Å²) in [5, 5.41) is 9.24. The number of amides is 1. The zero-order valence-corrected chi connectivity index (χ0v) is 14.5. The number of nitrogens with zero attached hydrogens (tertiary/aromatic N) is 1. The van der Waals surface area contributed by atoms with Crippen LogP contribution >= 0.6 is 11.8 Å². The van der Waals surface area contributed by atoms with Crippen molar-refractivity contribution in [2.45, 2.75) is 31.2 Å². The van der Waals surface area contributed by atoms with Crippen LogP contribution in [0.4, 0.5) is 0 Å². The molecule has 2 aromatic rings. The lowest BCUT2D eigenvalue weighted by atomic mass is 10.1. The number of phenolic OH excluding ortho intramolecular Hbond substituents is 1. The predicted molar refractivity (Wildman–Crippen MR) is 95.7 cm³/mol. The number of hydrogen-bond acceptors (Lipinski definition) is 3. The smallest absolute Gasteiger partial charge is 0.222 e. The van der Waals surface area contributed by atoms with E-state index in [4.69, 9.17) is 0 Å². The average molecular weight is 329 g/mol. The van der Waals surface area contributed by atoms with Gasteiger partial charge in [-0.15, -0.1) is 11.8 Å². The van der Waals surface area contributed by atoms with Crippen molar-refractivity contribution in [2.24, 2.45) is 0 Å². The molecule has 0 aliphatic carbocycles. The summed E-state index contributed by atoms with van der Waals surface area (Å²) >= 11 is 1.71. The molecule has 2 rings (SSSR count). The van der Waals surface area contributed by atoms with E-state index in [1.54, 1.807) is 28.8 Å². The van der Waals surface area contributed by atoms with Crippen LogP contribution in [0.1, 0.15) is 24.0 Å². The Balaban J connectivity index is 1.69. The average Bonchev–Trinajstić information content (AvgIpc) is 2.55. The minimum atomic E-state index is 0.178. The highest BCUT2D eigenvalue weighted by Crippen LogP contribution is 2.21. The van der Waals surface area contributed by atoms with E-state index in [1.807, 2.05) is 19.2 Å². The van der Waals surface area contributed by atoms with Crippen LogP contribution in [0, 0.1) is 6.92 Å². The number of carbonyl (C=O) groups excluding carboxylic acids is 1. The lowest BCUT2D eigenvalue weighted by Gasteiger charge is -2.17. The molecular formula is C19H23NO2S. The fraction of sp³-hybridized carbons (Fsp3) is 0.316. The summed E-state index contributed by atoms with van der Waals surface area (Å²) in [6.45, 7) is 2.72. The molecule has 0 heterocycles. The van der Waals surface area contributed by atoms with Gasteiger partial charge in [0.1, 0.15) is 5.75 Å². The molecule has 0 aliphatic heterocycles. The molecule has 0 saturated carbocycles. The number of thioether (sulfide) groups is 1. The topological polar surface area (TPSA) is 40.5 Å².